The van der Waals surface area contributed by atoms with Gasteiger partial charge in [0.1, 0.15) is 0 Å². The fourth-order valence-electron chi connectivity index (χ4n) is 2.76. The number of sulfone groups is 1. The number of aryl methyl sites for hydroxylation is 1. The largest absolute Gasteiger partial charge is 0.478 e. The lowest BCUT2D eigenvalue weighted by molar-refractivity contribution is 0.0697. The summed E-state index contributed by atoms with van der Waals surface area (Å²) in [4.78, 5) is 10.9. The highest BCUT2D eigenvalue weighted by Crippen LogP contribution is 2.29. The third-order valence-electron chi connectivity index (χ3n) is 3.82. The van der Waals surface area contributed by atoms with Crippen LogP contribution in [-0.4, -0.2) is 37.0 Å². The Morgan fingerprint density at radius 3 is 2.60 bits per heavy atom. The van der Waals surface area contributed by atoms with Crippen molar-refractivity contribution < 1.29 is 18.3 Å². The highest BCUT2D eigenvalue weighted by atomic mass is 32.2. The summed E-state index contributed by atoms with van der Waals surface area (Å²) in [5, 5.41) is 11.8. The summed E-state index contributed by atoms with van der Waals surface area (Å²) in [5.74, 6) is -0.963. The monoisotopic (exact) mass is 297 g/mol. The first-order valence-corrected chi connectivity index (χ1v) is 8.54. The molecule has 5 nitrogen and oxygen atoms in total. The van der Waals surface area contributed by atoms with Crippen molar-refractivity contribution in [3.8, 4) is 0 Å². The van der Waals surface area contributed by atoms with Crippen molar-refractivity contribution in [2.24, 2.45) is 0 Å². The molecule has 0 heterocycles. The van der Waals surface area contributed by atoms with Gasteiger partial charge in [-0.1, -0.05) is 0 Å². The minimum atomic E-state index is -3.06. The Bertz CT molecular complexity index is 624. The second-order valence-electron chi connectivity index (χ2n) is 5.38. The Morgan fingerprint density at radius 1 is 1.35 bits per heavy atom. The second kappa shape index (κ2) is 5.44. The summed E-state index contributed by atoms with van der Waals surface area (Å²) >= 11 is 0. The lowest BCUT2D eigenvalue weighted by Crippen LogP contribution is -2.34. The number of anilines is 1. The van der Waals surface area contributed by atoms with Crippen LogP contribution in [-0.2, 0) is 9.84 Å². The van der Waals surface area contributed by atoms with Crippen molar-refractivity contribution in [1.29, 1.82) is 0 Å². The maximum absolute atomic E-state index is 11.7. The van der Waals surface area contributed by atoms with Crippen molar-refractivity contribution >= 4 is 21.5 Å². The molecule has 1 aliphatic carbocycles. The zero-order valence-electron chi connectivity index (χ0n) is 11.6. The first kappa shape index (κ1) is 14.8. The predicted molar refractivity (Wildman–Crippen MR) is 78.0 cm³/mol. The van der Waals surface area contributed by atoms with Crippen molar-refractivity contribution in [2.45, 2.75) is 37.5 Å². The topological polar surface area (TPSA) is 83.5 Å². The molecule has 0 saturated heterocycles. The molecule has 0 radical (unpaired) electrons. The van der Waals surface area contributed by atoms with Crippen LogP contribution in [0.1, 0.15) is 35.2 Å². The van der Waals surface area contributed by atoms with Gasteiger partial charge in [-0.2, -0.15) is 0 Å². The van der Waals surface area contributed by atoms with Gasteiger partial charge < -0.3 is 10.4 Å². The fourth-order valence-corrected chi connectivity index (χ4v) is 4.16. The van der Waals surface area contributed by atoms with Crippen LogP contribution in [0.15, 0.2) is 18.2 Å². The number of benzene rings is 1. The van der Waals surface area contributed by atoms with Gasteiger partial charge in [-0.3, -0.25) is 0 Å². The van der Waals surface area contributed by atoms with Crippen LogP contribution in [0.25, 0.3) is 0 Å². The van der Waals surface area contributed by atoms with Crippen molar-refractivity contribution in [1.82, 2.24) is 0 Å². The molecule has 1 aromatic carbocycles. The van der Waals surface area contributed by atoms with Crippen LogP contribution in [0.5, 0.6) is 0 Å². The highest BCUT2D eigenvalue weighted by molar-refractivity contribution is 7.91. The van der Waals surface area contributed by atoms with Gasteiger partial charge in [0.15, 0.2) is 9.84 Å². The molecule has 0 spiro atoms. The molecule has 0 aromatic heterocycles. The maximum Gasteiger partial charge on any atom is 0.335 e. The fraction of sp³-hybridized carbons (Fsp3) is 0.500. The first-order chi connectivity index (χ1) is 9.29. The average Bonchev–Trinajstić information content (AvgIpc) is 2.79. The Morgan fingerprint density at radius 2 is 2.05 bits per heavy atom. The van der Waals surface area contributed by atoms with E-state index in [1.807, 2.05) is 6.92 Å². The number of nitrogens with one attached hydrogen (secondary N) is 1. The van der Waals surface area contributed by atoms with E-state index in [0.717, 1.165) is 24.1 Å². The molecular formula is C14H19NO4S. The molecule has 0 bridgehead atoms. The van der Waals surface area contributed by atoms with Gasteiger partial charge in [-0.25, -0.2) is 13.2 Å². The second-order valence-corrected chi connectivity index (χ2v) is 7.65. The molecule has 2 atom stereocenters. The summed E-state index contributed by atoms with van der Waals surface area (Å²) in [6, 6.07) is 4.73. The van der Waals surface area contributed by atoms with Gasteiger partial charge in [0.05, 0.1) is 10.8 Å². The Labute approximate surface area is 118 Å². The minimum absolute atomic E-state index is 0.0978. The van der Waals surface area contributed by atoms with E-state index < -0.39 is 15.8 Å². The summed E-state index contributed by atoms with van der Waals surface area (Å²) in [6.45, 7) is 1.82. The molecule has 20 heavy (non-hydrogen) atoms. The summed E-state index contributed by atoms with van der Waals surface area (Å²) in [5.41, 5.74) is 1.85. The Balaban J connectivity index is 2.20. The molecule has 1 aromatic rings. The normalized spacial score (nSPS) is 22.7. The zero-order valence-corrected chi connectivity index (χ0v) is 12.4. The van der Waals surface area contributed by atoms with Gasteiger partial charge in [0.2, 0.25) is 0 Å². The van der Waals surface area contributed by atoms with E-state index in [4.69, 9.17) is 5.11 Å². The lowest BCUT2D eigenvalue weighted by atomic mass is 10.1. The minimum Gasteiger partial charge on any atom is -0.478 e. The zero-order chi connectivity index (χ0) is 14.9. The summed E-state index contributed by atoms with van der Waals surface area (Å²) in [7, 11) is -3.06. The number of rotatable bonds is 4. The Hall–Kier alpha value is -1.56. The quantitative estimate of drug-likeness (QED) is 0.889. The molecule has 2 rings (SSSR count). The summed E-state index contributed by atoms with van der Waals surface area (Å²) in [6.07, 6.45) is 3.67. The third kappa shape index (κ3) is 3.12. The van der Waals surface area contributed by atoms with Crippen molar-refractivity contribution in [2.75, 3.05) is 11.6 Å². The van der Waals surface area contributed by atoms with Crippen LogP contribution in [0.2, 0.25) is 0 Å². The van der Waals surface area contributed by atoms with Crippen molar-refractivity contribution in [3.05, 3.63) is 29.3 Å². The first-order valence-electron chi connectivity index (χ1n) is 6.58. The number of aromatic carboxylic acids is 1. The van der Waals surface area contributed by atoms with E-state index >= 15 is 0 Å². The number of carboxylic acid groups (broad SMARTS) is 1. The van der Waals surface area contributed by atoms with E-state index in [9.17, 15) is 13.2 Å². The van der Waals surface area contributed by atoms with E-state index in [1.165, 1.54) is 12.3 Å². The number of carbonyl (C=O) groups is 1. The molecule has 0 aliphatic heterocycles. The molecule has 1 fully saturated rings. The third-order valence-corrected chi connectivity index (χ3v) is 5.48. The van der Waals surface area contributed by atoms with Gasteiger partial charge in [0, 0.05) is 18.0 Å². The predicted octanol–water partition coefficient (Wildman–Crippen LogP) is 2.07. The maximum atomic E-state index is 11.7. The van der Waals surface area contributed by atoms with E-state index in [1.54, 1.807) is 12.1 Å². The molecule has 1 saturated carbocycles. The van der Waals surface area contributed by atoms with E-state index in [2.05, 4.69) is 5.32 Å². The smallest absolute Gasteiger partial charge is 0.335 e. The number of hydrogen-bond acceptors (Lipinski definition) is 4. The van der Waals surface area contributed by atoms with Gasteiger partial charge in [0.25, 0.3) is 0 Å². The molecule has 6 heteroatoms. The van der Waals surface area contributed by atoms with Crippen LogP contribution < -0.4 is 5.32 Å². The van der Waals surface area contributed by atoms with Crippen LogP contribution in [0.4, 0.5) is 5.69 Å². The number of hydrogen-bond donors (Lipinski definition) is 2. The van der Waals surface area contributed by atoms with Crippen LogP contribution >= 0.6 is 0 Å². The standard InChI is InChI=1S/C14H19NO4S/c1-9-8-10(14(16)17)6-7-11(9)15-12-4-3-5-13(12)20(2,18)19/h6-8,12-13,15H,3-5H2,1-2H3,(H,16,17). The SMILES string of the molecule is Cc1cc(C(=O)O)ccc1NC1CCCC1S(C)(=O)=O. The number of carboxylic acids is 1. The molecular weight excluding hydrogens is 278 g/mol. The molecule has 1 aliphatic rings. The molecule has 0 amide bonds. The van der Waals surface area contributed by atoms with Crippen molar-refractivity contribution in [3.63, 3.8) is 0 Å². The lowest BCUT2D eigenvalue weighted by Gasteiger charge is -2.22. The molecule has 2 N–H and O–H groups in total. The van der Waals surface area contributed by atoms with Crippen LogP contribution in [0, 0.1) is 6.92 Å². The molecule has 2 unspecified atom stereocenters. The Kier molecular flexibility index (Phi) is 4.04. The van der Waals surface area contributed by atoms with Gasteiger partial charge >= 0.3 is 5.97 Å². The van der Waals surface area contributed by atoms with Crippen LogP contribution in [0.3, 0.4) is 0 Å². The summed E-state index contributed by atoms with van der Waals surface area (Å²) < 4.78 is 23.5. The average molecular weight is 297 g/mol. The highest BCUT2D eigenvalue weighted by Gasteiger charge is 2.34. The van der Waals surface area contributed by atoms with Gasteiger partial charge in [-0.05, 0) is 49.9 Å². The van der Waals surface area contributed by atoms with Gasteiger partial charge in [-0.15, -0.1) is 0 Å². The van der Waals surface area contributed by atoms with E-state index in [-0.39, 0.29) is 16.9 Å². The van der Waals surface area contributed by atoms with E-state index in [0.29, 0.717) is 6.42 Å². The molecule has 110 valence electrons.